The van der Waals surface area contributed by atoms with Gasteiger partial charge in [-0.1, -0.05) is 0 Å². The Morgan fingerprint density at radius 1 is 1.50 bits per heavy atom. The molecule has 0 aromatic rings. The average molecular weight is 115 g/mol. The Hall–Kier alpha value is -0.0800. The normalized spacial score (nSPS) is 24.0. The molecular formula is C6H15N2+. The Balaban J connectivity index is 2.41. The minimum Gasteiger partial charge on any atom is -0.300 e. The van der Waals surface area contributed by atoms with Crippen LogP contribution in [0.5, 0.6) is 0 Å². The van der Waals surface area contributed by atoms with E-state index in [2.05, 4.69) is 13.8 Å². The minimum absolute atomic E-state index is 0.736. The van der Waals surface area contributed by atoms with E-state index < -0.39 is 0 Å². The molecule has 0 aromatic carbocycles. The van der Waals surface area contributed by atoms with E-state index in [1.54, 1.807) is 0 Å². The summed E-state index contributed by atoms with van der Waals surface area (Å²) in [6, 6.07) is 0.736. The highest BCUT2D eigenvalue weighted by molar-refractivity contribution is 4.58. The number of rotatable bonds is 2. The molecule has 0 aliphatic carbocycles. The quantitative estimate of drug-likeness (QED) is 0.402. The van der Waals surface area contributed by atoms with E-state index in [1.807, 2.05) is 0 Å². The van der Waals surface area contributed by atoms with Crippen LogP contribution in [0.4, 0.5) is 0 Å². The Labute approximate surface area is 50.9 Å². The molecule has 0 unspecified atom stereocenters. The third-order valence-corrected chi connectivity index (χ3v) is 2.26. The molecule has 1 heterocycles. The van der Waals surface area contributed by atoms with Gasteiger partial charge in [0.05, 0.1) is 6.04 Å². The van der Waals surface area contributed by atoms with Crippen molar-refractivity contribution in [1.82, 2.24) is 0 Å². The standard InChI is InChI=1S/C6H15N2/c1-6(2)8(5-7)3-4-8/h6H,3-5,7H2,1-2H3/q+1. The number of nitrogens with zero attached hydrogens (tertiary/aromatic N) is 1. The SMILES string of the molecule is CC(C)[N+]1(CN)CC1. The fourth-order valence-electron chi connectivity index (χ4n) is 1.04. The lowest BCUT2D eigenvalue weighted by atomic mass is 10.4. The second-order valence-electron chi connectivity index (χ2n) is 2.94. The highest BCUT2D eigenvalue weighted by Gasteiger charge is 2.43. The third kappa shape index (κ3) is 0.740. The molecule has 48 valence electrons. The van der Waals surface area contributed by atoms with Gasteiger partial charge in [0.2, 0.25) is 0 Å². The van der Waals surface area contributed by atoms with Gasteiger partial charge in [-0.05, 0) is 13.8 Å². The van der Waals surface area contributed by atoms with Gasteiger partial charge in [-0.25, -0.2) is 0 Å². The summed E-state index contributed by atoms with van der Waals surface area (Å²) in [7, 11) is 0. The maximum Gasteiger partial charge on any atom is 0.130 e. The van der Waals surface area contributed by atoms with Gasteiger partial charge < -0.3 is 4.48 Å². The number of hydrogen-bond donors (Lipinski definition) is 1. The summed E-state index contributed by atoms with van der Waals surface area (Å²) < 4.78 is 1.15. The van der Waals surface area contributed by atoms with Crippen LogP contribution < -0.4 is 5.73 Å². The Kier molecular flexibility index (Phi) is 1.29. The first-order chi connectivity index (χ1) is 3.71. The fourth-order valence-corrected chi connectivity index (χ4v) is 1.04. The van der Waals surface area contributed by atoms with Gasteiger partial charge >= 0.3 is 0 Å². The lowest BCUT2D eigenvalue weighted by Crippen LogP contribution is -2.38. The van der Waals surface area contributed by atoms with Gasteiger partial charge in [0.15, 0.2) is 0 Å². The van der Waals surface area contributed by atoms with E-state index in [1.165, 1.54) is 13.1 Å². The van der Waals surface area contributed by atoms with Gasteiger partial charge in [-0.2, -0.15) is 0 Å². The molecule has 2 nitrogen and oxygen atoms in total. The van der Waals surface area contributed by atoms with Crippen molar-refractivity contribution >= 4 is 0 Å². The zero-order valence-electron chi connectivity index (χ0n) is 5.72. The van der Waals surface area contributed by atoms with E-state index >= 15 is 0 Å². The van der Waals surface area contributed by atoms with Gasteiger partial charge in [0.25, 0.3) is 0 Å². The lowest BCUT2D eigenvalue weighted by Gasteiger charge is -2.19. The van der Waals surface area contributed by atoms with Crippen molar-refractivity contribution in [2.45, 2.75) is 19.9 Å². The molecule has 1 aliphatic rings. The molecule has 1 saturated heterocycles. The van der Waals surface area contributed by atoms with Crippen molar-refractivity contribution in [3.8, 4) is 0 Å². The van der Waals surface area contributed by atoms with Crippen LogP contribution in [0.2, 0.25) is 0 Å². The summed E-state index contributed by atoms with van der Waals surface area (Å²) >= 11 is 0. The van der Waals surface area contributed by atoms with Gasteiger partial charge in [-0.15, -0.1) is 0 Å². The zero-order chi connectivity index (χ0) is 6.20. The van der Waals surface area contributed by atoms with Crippen LogP contribution in [-0.4, -0.2) is 30.3 Å². The number of hydrogen-bond acceptors (Lipinski definition) is 1. The van der Waals surface area contributed by atoms with Crippen LogP contribution in [0.25, 0.3) is 0 Å². The van der Waals surface area contributed by atoms with E-state index in [0.717, 1.165) is 17.2 Å². The van der Waals surface area contributed by atoms with Crippen molar-refractivity contribution in [3.63, 3.8) is 0 Å². The molecule has 2 heteroatoms. The second kappa shape index (κ2) is 1.71. The van der Waals surface area contributed by atoms with E-state index in [4.69, 9.17) is 5.73 Å². The monoisotopic (exact) mass is 115 g/mol. The van der Waals surface area contributed by atoms with Crippen LogP contribution in [0.3, 0.4) is 0 Å². The smallest absolute Gasteiger partial charge is 0.130 e. The zero-order valence-corrected chi connectivity index (χ0v) is 5.72. The van der Waals surface area contributed by atoms with Crippen LogP contribution in [0.1, 0.15) is 13.8 Å². The molecule has 2 N–H and O–H groups in total. The van der Waals surface area contributed by atoms with Gasteiger partial charge in [-0.3, -0.25) is 5.73 Å². The van der Waals surface area contributed by atoms with Crippen LogP contribution in [-0.2, 0) is 0 Å². The van der Waals surface area contributed by atoms with E-state index in [0.29, 0.717) is 0 Å². The van der Waals surface area contributed by atoms with Crippen LogP contribution in [0.15, 0.2) is 0 Å². The first-order valence-electron chi connectivity index (χ1n) is 3.27. The van der Waals surface area contributed by atoms with Crippen molar-refractivity contribution in [2.24, 2.45) is 5.73 Å². The fraction of sp³-hybridized carbons (Fsp3) is 1.00. The molecule has 0 aromatic heterocycles. The van der Waals surface area contributed by atoms with E-state index in [9.17, 15) is 0 Å². The molecule has 0 spiro atoms. The summed E-state index contributed by atoms with van der Waals surface area (Å²) in [6.07, 6.45) is 0. The maximum atomic E-state index is 5.54. The summed E-state index contributed by atoms with van der Waals surface area (Å²) in [4.78, 5) is 0. The summed E-state index contributed by atoms with van der Waals surface area (Å²) in [5.41, 5.74) is 5.54. The molecule has 8 heavy (non-hydrogen) atoms. The van der Waals surface area contributed by atoms with Crippen molar-refractivity contribution in [1.29, 1.82) is 0 Å². The van der Waals surface area contributed by atoms with Gasteiger partial charge in [0, 0.05) is 0 Å². The average Bonchev–Trinajstić information content (AvgIpc) is 2.44. The second-order valence-corrected chi connectivity index (χ2v) is 2.94. The summed E-state index contributed by atoms with van der Waals surface area (Å²) in [5, 5.41) is 0. The van der Waals surface area contributed by atoms with E-state index in [-0.39, 0.29) is 0 Å². The first-order valence-corrected chi connectivity index (χ1v) is 3.27. The molecular weight excluding hydrogens is 100 g/mol. The Morgan fingerprint density at radius 2 is 2.00 bits per heavy atom. The largest absolute Gasteiger partial charge is 0.300 e. The number of nitrogens with two attached hydrogens (primary N) is 1. The van der Waals surface area contributed by atoms with Gasteiger partial charge in [0.1, 0.15) is 19.8 Å². The Bertz CT molecular complexity index is 84.5. The molecule has 1 aliphatic heterocycles. The first kappa shape index (κ1) is 6.05. The predicted octanol–water partition coefficient (Wildman–Crippen LogP) is 0.141. The van der Waals surface area contributed by atoms with Crippen molar-refractivity contribution in [3.05, 3.63) is 0 Å². The molecule has 0 atom stereocenters. The van der Waals surface area contributed by atoms with Crippen LogP contribution in [0, 0.1) is 0 Å². The topological polar surface area (TPSA) is 26.0 Å². The molecule has 0 saturated carbocycles. The number of quaternary nitrogens is 1. The highest BCUT2D eigenvalue weighted by Crippen LogP contribution is 2.22. The molecule has 0 bridgehead atoms. The molecule has 1 rings (SSSR count). The predicted molar refractivity (Wildman–Crippen MR) is 34.2 cm³/mol. The third-order valence-electron chi connectivity index (χ3n) is 2.26. The summed E-state index contributed by atoms with van der Waals surface area (Å²) in [5.74, 6) is 0. The Morgan fingerprint density at radius 3 is 2.00 bits per heavy atom. The molecule has 1 fully saturated rings. The van der Waals surface area contributed by atoms with Crippen molar-refractivity contribution < 1.29 is 4.48 Å². The minimum atomic E-state index is 0.736. The van der Waals surface area contributed by atoms with Crippen molar-refractivity contribution in [2.75, 3.05) is 19.8 Å². The molecule has 0 radical (unpaired) electrons. The summed E-state index contributed by atoms with van der Waals surface area (Å²) in [6.45, 7) is 7.90. The lowest BCUT2D eigenvalue weighted by molar-refractivity contribution is -0.822. The van der Waals surface area contributed by atoms with Crippen LogP contribution >= 0.6 is 0 Å². The highest BCUT2D eigenvalue weighted by atomic mass is 15.5. The molecule has 0 amide bonds. The maximum absolute atomic E-state index is 5.54.